The molecule has 0 atom stereocenters. The number of amides is 1. The van der Waals surface area contributed by atoms with Gasteiger partial charge in [-0.25, -0.2) is 0 Å². The van der Waals surface area contributed by atoms with Crippen molar-refractivity contribution in [3.63, 3.8) is 0 Å². The van der Waals surface area contributed by atoms with Gasteiger partial charge in [0.2, 0.25) is 0 Å². The maximum Gasteiger partial charge on any atom is 0.251 e. The first-order chi connectivity index (χ1) is 9.97. The van der Waals surface area contributed by atoms with Crippen LogP contribution in [0.15, 0.2) is 24.5 Å². The van der Waals surface area contributed by atoms with Crippen molar-refractivity contribution in [2.45, 2.75) is 19.8 Å². The first kappa shape index (κ1) is 15.4. The van der Waals surface area contributed by atoms with Gasteiger partial charge in [0, 0.05) is 25.4 Å². The molecule has 1 heterocycles. The summed E-state index contributed by atoms with van der Waals surface area (Å²) in [4.78, 5) is 12.1. The molecule has 1 aromatic heterocycles. The Morgan fingerprint density at radius 3 is 2.90 bits per heavy atom. The molecule has 0 radical (unpaired) electrons. The summed E-state index contributed by atoms with van der Waals surface area (Å²) in [6.45, 7) is 2.34. The van der Waals surface area contributed by atoms with Gasteiger partial charge < -0.3 is 10.4 Å². The van der Waals surface area contributed by atoms with Crippen LogP contribution in [0.25, 0.3) is 0 Å². The Morgan fingerprint density at radius 2 is 2.24 bits per heavy atom. The summed E-state index contributed by atoms with van der Waals surface area (Å²) >= 11 is 5.83. The molecule has 0 saturated heterocycles. The lowest BCUT2D eigenvalue weighted by Gasteiger charge is -2.09. The molecule has 5 nitrogen and oxygen atoms in total. The minimum absolute atomic E-state index is 0.0118. The van der Waals surface area contributed by atoms with Crippen LogP contribution in [0.5, 0.6) is 5.75 Å². The monoisotopic (exact) mass is 307 g/mol. The molecule has 112 valence electrons. The molecule has 1 aromatic carbocycles. The average molecular weight is 308 g/mol. The largest absolute Gasteiger partial charge is 0.506 e. The highest BCUT2D eigenvalue weighted by molar-refractivity contribution is 6.32. The quantitative estimate of drug-likeness (QED) is 0.834. The smallest absolute Gasteiger partial charge is 0.251 e. The zero-order valence-electron chi connectivity index (χ0n) is 12.1. The number of carbonyl (C=O) groups is 1. The molecule has 2 N–H and O–H groups in total. The second-order valence-corrected chi connectivity index (χ2v) is 5.41. The summed E-state index contributed by atoms with van der Waals surface area (Å²) < 4.78 is 1.76. The lowest BCUT2D eigenvalue weighted by molar-refractivity contribution is 0.0952. The third-order valence-corrected chi connectivity index (χ3v) is 3.53. The number of aromatic nitrogens is 2. The van der Waals surface area contributed by atoms with Gasteiger partial charge in [0.1, 0.15) is 5.75 Å². The van der Waals surface area contributed by atoms with E-state index in [4.69, 9.17) is 11.6 Å². The minimum atomic E-state index is -0.180. The number of phenolic OH excluding ortho intramolecular Hbond substituents is 1. The van der Waals surface area contributed by atoms with E-state index in [2.05, 4.69) is 10.4 Å². The molecule has 21 heavy (non-hydrogen) atoms. The third-order valence-electron chi connectivity index (χ3n) is 3.22. The maximum atomic E-state index is 12.1. The van der Waals surface area contributed by atoms with Gasteiger partial charge in [-0.1, -0.05) is 11.6 Å². The van der Waals surface area contributed by atoms with Crippen molar-refractivity contribution in [2.24, 2.45) is 7.05 Å². The van der Waals surface area contributed by atoms with E-state index in [1.54, 1.807) is 11.6 Å². The van der Waals surface area contributed by atoms with E-state index in [1.807, 2.05) is 19.4 Å². The zero-order valence-corrected chi connectivity index (χ0v) is 12.8. The topological polar surface area (TPSA) is 67.2 Å². The standard InChI is InChI=1S/C15H18ClN3O2/c1-10-6-14(20)13(16)7-12(10)15(21)17-5-3-4-11-8-18-19(2)9-11/h6-9,20H,3-5H2,1-2H3,(H,17,21). The molecule has 0 spiro atoms. The van der Waals surface area contributed by atoms with Crippen LogP contribution in [-0.2, 0) is 13.5 Å². The van der Waals surface area contributed by atoms with E-state index < -0.39 is 0 Å². The van der Waals surface area contributed by atoms with Gasteiger partial charge in [-0.05, 0) is 43.0 Å². The highest BCUT2D eigenvalue weighted by Crippen LogP contribution is 2.26. The molecule has 2 rings (SSSR count). The lowest BCUT2D eigenvalue weighted by atomic mass is 10.1. The Morgan fingerprint density at radius 1 is 1.48 bits per heavy atom. The highest BCUT2D eigenvalue weighted by atomic mass is 35.5. The number of nitrogens with zero attached hydrogens (tertiary/aromatic N) is 2. The first-order valence-electron chi connectivity index (χ1n) is 6.72. The van der Waals surface area contributed by atoms with Crippen molar-refractivity contribution in [3.8, 4) is 5.75 Å². The Labute approximate surface area is 128 Å². The number of nitrogens with one attached hydrogen (secondary N) is 1. The third kappa shape index (κ3) is 3.98. The van der Waals surface area contributed by atoms with Gasteiger partial charge in [0.15, 0.2) is 0 Å². The fourth-order valence-corrected chi connectivity index (χ4v) is 2.27. The number of aromatic hydroxyl groups is 1. The number of hydrogen-bond donors (Lipinski definition) is 2. The van der Waals surface area contributed by atoms with E-state index >= 15 is 0 Å². The van der Waals surface area contributed by atoms with Crippen molar-refractivity contribution < 1.29 is 9.90 Å². The summed E-state index contributed by atoms with van der Waals surface area (Å²) in [5.41, 5.74) is 2.33. The second-order valence-electron chi connectivity index (χ2n) is 5.00. The van der Waals surface area contributed by atoms with Gasteiger partial charge in [0.25, 0.3) is 5.91 Å². The number of aryl methyl sites for hydroxylation is 3. The van der Waals surface area contributed by atoms with Gasteiger partial charge in [-0.15, -0.1) is 0 Å². The van der Waals surface area contributed by atoms with Gasteiger partial charge in [-0.2, -0.15) is 5.10 Å². The SMILES string of the molecule is Cc1cc(O)c(Cl)cc1C(=O)NCCCc1cnn(C)c1. The normalized spacial score (nSPS) is 10.6. The molecule has 0 aliphatic carbocycles. The lowest BCUT2D eigenvalue weighted by Crippen LogP contribution is -2.25. The Balaban J connectivity index is 1.86. The number of benzene rings is 1. The van der Waals surface area contributed by atoms with Crippen LogP contribution in [0.4, 0.5) is 0 Å². The number of carbonyl (C=O) groups excluding carboxylic acids is 1. The second kappa shape index (κ2) is 6.63. The Bertz CT molecular complexity index is 652. The number of halogens is 1. The number of phenols is 1. The van der Waals surface area contributed by atoms with Crippen molar-refractivity contribution in [2.75, 3.05) is 6.54 Å². The van der Waals surface area contributed by atoms with Crippen LogP contribution in [0, 0.1) is 6.92 Å². The van der Waals surface area contributed by atoms with Crippen molar-refractivity contribution >= 4 is 17.5 Å². The fourth-order valence-electron chi connectivity index (χ4n) is 2.10. The van der Waals surface area contributed by atoms with Crippen molar-refractivity contribution in [1.29, 1.82) is 0 Å². The van der Waals surface area contributed by atoms with Crippen LogP contribution in [0.3, 0.4) is 0 Å². The van der Waals surface area contributed by atoms with E-state index in [0.717, 1.165) is 18.4 Å². The van der Waals surface area contributed by atoms with E-state index in [-0.39, 0.29) is 16.7 Å². The molecular weight excluding hydrogens is 290 g/mol. The molecule has 0 unspecified atom stereocenters. The zero-order chi connectivity index (χ0) is 15.4. The minimum Gasteiger partial charge on any atom is -0.506 e. The van der Waals surface area contributed by atoms with E-state index in [1.165, 1.54) is 12.1 Å². The van der Waals surface area contributed by atoms with Crippen LogP contribution in [0.2, 0.25) is 5.02 Å². The van der Waals surface area contributed by atoms with Crippen LogP contribution < -0.4 is 5.32 Å². The van der Waals surface area contributed by atoms with Gasteiger partial charge in [0.05, 0.1) is 11.2 Å². The van der Waals surface area contributed by atoms with E-state index in [0.29, 0.717) is 17.7 Å². The summed E-state index contributed by atoms with van der Waals surface area (Å²) in [6.07, 6.45) is 5.49. The van der Waals surface area contributed by atoms with Gasteiger partial charge >= 0.3 is 0 Å². The summed E-state index contributed by atoms with van der Waals surface area (Å²) in [5, 5.41) is 16.6. The molecule has 0 bridgehead atoms. The predicted octanol–water partition coefficient (Wildman–Crippen LogP) is 2.45. The summed E-state index contributed by atoms with van der Waals surface area (Å²) in [7, 11) is 1.88. The van der Waals surface area contributed by atoms with Crippen LogP contribution in [0.1, 0.15) is 27.9 Å². The Hall–Kier alpha value is -2.01. The molecule has 0 aliphatic heterocycles. The fraction of sp³-hybridized carbons (Fsp3) is 0.333. The summed E-state index contributed by atoms with van der Waals surface area (Å²) in [5.74, 6) is -0.192. The van der Waals surface area contributed by atoms with Crippen molar-refractivity contribution in [3.05, 3.63) is 46.2 Å². The van der Waals surface area contributed by atoms with Crippen LogP contribution in [-0.4, -0.2) is 27.3 Å². The molecule has 1 amide bonds. The van der Waals surface area contributed by atoms with Crippen LogP contribution >= 0.6 is 11.6 Å². The Kier molecular flexibility index (Phi) is 4.85. The first-order valence-corrected chi connectivity index (χ1v) is 7.10. The average Bonchev–Trinajstić information content (AvgIpc) is 2.84. The molecule has 0 saturated carbocycles. The van der Waals surface area contributed by atoms with Gasteiger partial charge in [-0.3, -0.25) is 9.48 Å². The number of rotatable bonds is 5. The summed E-state index contributed by atoms with van der Waals surface area (Å²) in [6, 6.07) is 2.98. The molecule has 0 aliphatic rings. The molecule has 6 heteroatoms. The predicted molar refractivity (Wildman–Crippen MR) is 81.7 cm³/mol. The molecular formula is C15H18ClN3O2. The van der Waals surface area contributed by atoms with Crippen molar-refractivity contribution in [1.82, 2.24) is 15.1 Å². The highest BCUT2D eigenvalue weighted by Gasteiger charge is 2.11. The molecule has 0 fully saturated rings. The maximum absolute atomic E-state index is 12.1. The molecule has 2 aromatic rings. The number of hydrogen-bond acceptors (Lipinski definition) is 3. The van der Waals surface area contributed by atoms with E-state index in [9.17, 15) is 9.90 Å².